The van der Waals surface area contributed by atoms with Gasteiger partial charge in [-0.25, -0.2) is 18.3 Å². The lowest BCUT2D eigenvalue weighted by Crippen LogP contribution is -2.44. The SMILES string of the molecule is CC(C)CN(C[C@@H](O)[C@@H](NC(=O)OCc1ccccc1)c1ccccc1)S(=O)c1ccc2sc(N)nc2c1. The predicted octanol–water partition coefficient (Wildman–Crippen LogP) is 4.89. The number of aliphatic hydroxyl groups is 1. The molecule has 0 radical (unpaired) electrons. The van der Waals surface area contributed by atoms with Crippen molar-refractivity contribution < 1.29 is 18.8 Å². The van der Waals surface area contributed by atoms with Gasteiger partial charge in [0, 0.05) is 13.1 Å². The van der Waals surface area contributed by atoms with E-state index in [1.807, 2.05) is 80.6 Å². The van der Waals surface area contributed by atoms with E-state index < -0.39 is 29.2 Å². The van der Waals surface area contributed by atoms with Gasteiger partial charge < -0.3 is 20.9 Å². The van der Waals surface area contributed by atoms with Crippen LogP contribution in [0.1, 0.15) is 31.0 Å². The molecule has 1 amide bonds. The summed E-state index contributed by atoms with van der Waals surface area (Å²) in [4.78, 5) is 17.6. The number of anilines is 1. The van der Waals surface area contributed by atoms with Gasteiger partial charge in [0.25, 0.3) is 0 Å². The number of carbonyl (C=O) groups excluding carboxylic acids is 1. The van der Waals surface area contributed by atoms with Crippen molar-refractivity contribution in [2.24, 2.45) is 5.92 Å². The van der Waals surface area contributed by atoms with Crippen molar-refractivity contribution in [1.29, 1.82) is 0 Å². The summed E-state index contributed by atoms with van der Waals surface area (Å²) in [6.45, 7) is 4.68. The normalized spacial score (nSPS) is 13.9. The van der Waals surface area contributed by atoms with E-state index in [-0.39, 0.29) is 19.1 Å². The fourth-order valence-corrected chi connectivity index (χ4v) is 6.20. The van der Waals surface area contributed by atoms with Crippen LogP contribution in [0.5, 0.6) is 0 Å². The van der Waals surface area contributed by atoms with Crippen molar-refractivity contribution in [2.75, 3.05) is 18.8 Å². The van der Waals surface area contributed by atoms with Crippen LogP contribution in [-0.4, -0.2) is 43.9 Å². The maximum absolute atomic E-state index is 13.7. The number of aromatic nitrogens is 1. The molecule has 10 heteroatoms. The fourth-order valence-electron chi connectivity index (χ4n) is 4.07. The van der Waals surface area contributed by atoms with E-state index in [9.17, 15) is 14.1 Å². The number of fused-ring (bicyclic) bond motifs is 1. The van der Waals surface area contributed by atoms with Crippen LogP contribution in [0.2, 0.25) is 0 Å². The number of alkyl carbamates (subject to hydrolysis) is 1. The molecule has 0 saturated carbocycles. The molecular formula is C28H32N4O4S2. The van der Waals surface area contributed by atoms with Gasteiger partial charge in [-0.2, -0.15) is 0 Å². The summed E-state index contributed by atoms with van der Waals surface area (Å²) >= 11 is 1.37. The van der Waals surface area contributed by atoms with Crippen LogP contribution in [-0.2, 0) is 22.3 Å². The van der Waals surface area contributed by atoms with Crippen LogP contribution < -0.4 is 11.1 Å². The molecule has 1 aromatic heterocycles. The zero-order valence-corrected chi connectivity index (χ0v) is 23.0. The number of hydrogen-bond acceptors (Lipinski definition) is 7. The molecule has 0 aliphatic heterocycles. The molecule has 38 heavy (non-hydrogen) atoms. The Kier molecular flexibility index (Phi) is 9.46. The molecule has 0 fully saturated rings. The van der Waals surface area contributed by atoms with Crippen molar-refractivity contribution >= 4 is 43.8 Å². The maximum atomic E-state index is 13.7. The zero-order valence-electron chi connectivity index (χ0n) is 21.3. The minimum absolute atomic E-state index is 0.0561. The van der Waals surface area contributed by atoms with Gasteiger partial charge in [0.15, 0.2) is 5.13 Å². The first kappa shape index (κ1) is 27.7. The number of hydrogen-bond donors (Lipinski definition) is 3. The second-order valence-corrected chi connectivity index (χ2v) is 11.9. The fraction of sp³-hybridized carbons (Fsp3) is 0.286. The Hall–Kier alpha value is -3.31. The van der Waals surface area contributed by atoms with Crippen LogP contribution in [0, 0.1) is 5.92 Å². The lowest BCUT2D eigenvalue weighted by atomic mass is 10.0. The van der Waals surface area contributed by atoms with Crippen molar-refractivity contribution in [3.05, 3.63) is 90.0 Å². The van der Waals surface area contributed by atoms with Crippen molar-refractivity contribution in [2.45, 2.75) is 37.5 Å². The number of ether oxygens (including phenoxy) is 1. The first-order valence-electron chi connectivity index (χ1n) is 12.3. The summed E-state index contributed by atoms with van der Waals surface area (Å²) in [5.41, 5.74) is 8.10. The van der Waals surface area contributed by atoms with E-state index in [1.165, 1.54) is 11.3 Å². The Balaban J connectivity index is 1.52. The second kappa shape index (κ2) is 13.0. The van der Waals surface area contributed by atoms with E-state index in [1.54, 1.807) is 16.4 Å². The Bertz CT molecular complexity index is 1370. The van der Waals surface area contributed by atoms with E-state index >= 15 is 0 Å². The van der Waals surface area contributed by atoms with Crippen molar-refractivity contribution in [1.82, 2.24) is 14.6 Å². The minimum Gasteiger partial charge on any atom is -0.445 e. The third-order valence-corrected chi connectivity index (χ3v) is 8.09. The number of nitrogens with one attached hydrogen (secondary N) is 1. The van der Waals surface area contributed by atoms with Crippen LogP contribution in [0.4, 0.5) is 9.93 Å². The monoisotopic (exact) mass is 552 g/mol. The van der Waals surface area contributed by atoms with Gasteiger partial charge in [0.2, 0.25) is 0 Å². The van der Waals surface area contributed by atoms with Gasteiger partial charge in [0.1, 0.15) is 17.6 Å². The van der Waals surface area contributed by atoms with E-state index in [4.69, 9.17) is 10.5 Å². The van der Waals surface area contributed by atoms with Gasteiger partial charge in [0.05, 0.1) is 27.3 Å². The summed E-state index contributed by atoms with van der Waals surface area (Å²) in [6, 6.07) is 23.2. The number of thiazole rings is 1. The third-order valence-electron chi connectivity index (χ3n) is 5.80. The van der Waals surface area contributed by atoms with Crippen LogP contribution in [0.25, 0.3) is 10.2 Å². The highest BCUT2D eigenvalue weighted by Crippen LogP contribution is 2.27. The molecule has 0 aliphatic carbocycles. The van der Waals surface area contributed by atoms with Gasteiger partial charge in [-0.3, -0.25) is 0 Å². The molecule has 4 aromatic rings. The first-order chi connectivity index (χ1) is 18.3. The molecular weight excluding hydrogens is 520 g/mol. The lowest BCUT2D eigenvalue weighted by molar-refractivity contribution is 0.0882. The Morgan fingerprint density at radius 3 is 2.45 bits per heavy atom. The largest absolute Gasteiger partial charge is 0.445 e. The Morgan fingerprint density at radius 1 is 1.08 bits per heavy atom. The molecule has 0 saturated heterocycles. The third kappa shape index (κ3) is 7.38. The average Bonchev–Trinajstić information content (AvgIpc) is 3.29. The Morgan fingerprint density at radius 2 is 1.76 bits per heavy atom. The number of aliphatic hydroxyl groups excluding tert-OH is 1. The predicted molar refractivity (Wildman–Crippen MR) is 152 cm³/mol. The molecule has 1 unspecified atom stereocenters. The minimum atomic E-state index is -1.57. The lowest BCUT2D eigenvalue weighted by Gasteiger charge is -2.30. The van der Waals surface area contributed by atoms with Gasteiger partial charge >= 0.3 is 6.09 Å². The summed E-state index contributed by atoms with van der Waals surface area (Å²) in [6.07, 6.45) is -1.71. The number of benzene rings is 3. The smallest absolute Gasteiger partial charge is 0.408 e. The van der Waals surface area contributed by atoms with Crippen molar-refractivity contribution in [3.8, 4) is 0 Å². The molecule has 0 spiro atoms. The van der Waals surface area contributed by atoms with E-state index in [0.717, 1.165) is 10.3 Å². The van der Waals surface area contributed by atoms with E-state index in [0.29, 0.717) is 27.7 Å². The van der Waals surface area contributed by atoms with Crippen LogP contribution >= 0.6 is 11.3 Å². The molecule has 8 nitrogen and oxygen atoms in total. The highest BCUT2D eigenvalue weighted by molar-refractivity contribution is 7.82. The summed E-state index contributed by atoms with van der Waals surface area (Å²) < 4.78 is 21.7. The van der Waals surface area contributed by atoms with Crippen LogP contribution in [0.3, 0.4) is 0 Å². The maximum Gasteiger partial charge on any atom is 0.408 e. The highest BCUT2D eigenvalue weighted by atomic mass is 32.2. The zero-order chi connectivity index (χ0) is 27.1. The van der Waals surface area contributed by atoms with Gasteiger partial charge in [-0.05, 0) is 35.2 Å². The summed E-state index contributed by atoms with van der Waals surface area (Å²) in [7, 11) is -1.57. The number of carbonyl (C=O) groups is 1. The number of nitrogens with zero attached hydrogens (tertiary/aromatic N) is 2. The number of amides is 1. The number of nitrogens with two attached hydrogens (primary N) is 1. The van der Waals surface area contributed by atoms with E-state index in [2.05, 4.69) is 10.3 Å². The molecule has 1 heterocycles. The summed E-state index contributed by atoms with van der Waals surface area (Å²) in [5.74, 6) is 0.184. The second-order valence-electron chi connectivity index (χ2n) is 9.33. The molecule has 0 bridgehead atoms. The van der Waals surface area contributed by atoms with Crippen molar-refractivity contribution in [3.63, 3.8) is 0 Å². The van der Waals surface area contributed by atoms with Gasteiger partial charge in [-0.1, -0.05) is 85.8 Å². The molecule has 3 aromatic carbocycles. The first-order valence-corrected chi connectivity index (χ1v) is 14.3. The Labute approximate surface area is 229 Å². The highest BCUT2D eigenvalue weighted by Gasteiger charge is 2.29. The summed E-state index contributed by atoms with van der Waals surface area (Å²) in [5, 5.41) is 14.6. The quantitative estimate of drug-likeness (QED) is 0.244. The van der Waals surface area contributed by atoms with Gasteiger partial charge in [-0.15, -0.1) is 0 Å². The molecule has 200 valence electrons. The molecule has 4 rings (SSSR count). The number of nitrogen functional groups attached to an aromatic ring is 1. The van der Waals surface area contributed by atoms with Crippen LogP contribution in [0.15, 0.2) is 83.8 Å². The molecule has 3 atom stereocenters. The number of rotatable bonds is 11. The molecule has 4 N–H and O–H groups in total. The average molecular weight is 553 g/mol. The topological polar surface area (TPSA) is 118 Å². The molecule has 0 aliphatic rings. The standard InChI is InChI=1S/C28H32N4O4S2/c1-19(2)16-32(38(35)22-13-14-25-23(15-22)30-27(29)37-25)17-24(33)26(21-11-7-4-8-12-21)31-28(34)36-18-20-9-5-3-6-10-20/h3-15,19,24,26,33H,16-18H2,1-2H3,(H2,29,30)(H,31,34)/t24-,26+,38?/m1/s1.